The molecule has 0 bridgehead atoms. The van der Waals surface area contributed by atoms with E-state index in [9.17, 15) is 0 Å². The van der Waals surface area contributed by atoms with E-state index >= 15 is 0 Å². The first-order valence-electron chi connectivity index (χ1n) is 8.52. The monoisotopic (exact) mass is 361 g/mol. The van der Waals surface area contributed by atoms with E-state index in [0.717, 1.165) is 36.6 Å². The van der Waals surface area contributed by atoms with Crippen LogP contribution >= 0.6 is 11.6 Å². The van der Waals surface area contributed by atoms with Gasteiger partial charge in [-0.15, -0.1) is 0 Å². The molecule has 1 N–H and O–H groups in total. The Labute approximate surface area is 153 Å². The quantitative estimate of drug-likeness (QED) is 0.815. The number of ether oxygens (including phenoxy) is 2. The van der Waals surface area contributed by atoms with E-state index in [1.165, 1.54) is 12.8 Å². The summed E-state index contributed by atoms with van der Waals surface area (Å²) < 4.78 is 10.6. The first-order valence-corrected chi connectivity index (χ1v) is 8.90. The molecule has 1 saturated heterocycles. The first-order chi connectivity index (χ1) is 12.2. The van der Waals surface area contributed by atoms with Gasteiger partial charge in [0.25, 0.3) is 0 Å². The Hall–Kier alpha value is -1.98. The molecular formula is C19H24ClN3O2. The fraction of sp³-hybridized carbons (Fsp3) is 0.421. The van der Waals surface area contributed by atoms with Crippen LogP contribution in [0.5, 0.6) is 11.5 Å². The van der Waals surface area contributed by atoms with Crippen LogP contribution in [0.25, 0.3) is 0 Å². The zero-order valence-electron chi connectivity index (χ0n) is 14.7. The lowest BCUT2D eigenvalue weighted by molar-refractivity contribution is 0.354. The summed E-state index contributed by atoms with van der Waals surface area (Å²) in [6.45, 7) is 3.67. The molecule has 0 amide bonds. The Kier molecular flexibility index (Phi) is 6.00. The Morgan fingerprint density at radius 1 is 1.08 bits per heavy atom. The van der Waals surface area contributed by atoms with Crippen molar-refractivity contribution in [3.63, 3.8) is 0 Å². The van der Waals surface area contributed by atoms with Crippen LogP contribution in [0.2, 0.25) is 5.02 Å². The highest BCUT2D eigenvalue weighted by Crippen LogP contribution is 2.35. The van der Waals surface area contributed by atoms with Crippen LogP contribution in [0, 0.1) is 0 Å². The molecular weight excluding hydrogens is 338 g/mol. The van der Waals surface area contributed by atoms with Gasteiger partial charge >= 0.3 is 0 Å². The molecule has 2 heterocycles. The molecule has 0 spiro atoms. The molecule has 1 fully saturated rings. The van der Waals surface area contributed by atoms with Crippen LogP contribution in [0.3, 0.4) is 0 Å². The lowest BCUT2D eigenvalue weighted by atomic mass is 10.2. The normalized spacial score (nSPS) is 14.0. The molecule has 0 saturated carbocycles. The van der Waals surface area contributed by atoms with Gasteiger partial charge in [-0.3, -0.25) is 0 Å². The van der Waals surface area contributed by atoms with Crippen molar-refractivity contribution in [2.75, 3.05) is 32.2 Å². The Morgan fingerprint density at radius 3 is 2.48 bits per heavy atom. The van der Waals surface area contributed by atoms with Crippen molar-refractivity contribution < 1.29 is 9.47 Å². The standard InChI is InChI=1S/C19H24ClN3O2/c1-24-17-10-15(9-16(20)19(17)25-2)12-21-11-14-5-6-18(22-13-14)23-7-3-4-8-23/h5-6,9-10,13,21H,3-4,7-8,11-12H2,1-2H3. The van der Waals surface area contributed by atoms with Gasteiger partial charge < -0.3 is 19.7 Å². The average Bonchev–Trinajstić information content (AvgIpc) is 3.16. The minimum atomic E-state index is 0.551. The number of nitrogens with zero attached hydrogens (tertiary/aromatic N) is 2. The summed E-state index contributed by atoms with van der Waals surface area (Å²) in [6, 6.07) is 8.07. The van der Waals surface area contributed by atoms with Gasteiger partial charge in [0.15, 0.2) is 11.5 Å². The lowest BCUT2D eigenvalue weighted by Crippen LogP contribution is -2.19. The molecule has 1 aromatic heterocycles. The van der Waals surface area contributed by atoms with Crippen LogP contribution in [0.15, 0.2) is 30.5 Å². The molecule has 6 heteroatoms. The van der Waals surface area contributed by atoms with E-state index < -0.39 is 0 Å². The molecule has 3 rings (SSSR count). The highest BCUT2D eigenvalue weighted by atomic mass is 35.5. The average molecular weight is 362 g/mol. The summed E-state index contributed by atoms with van der Waals surface area (Å²) in [5.41, 5.74) is 2.21. The molecule has 0 atom stereocenters. The second-order valence-electron chi connectivity index (χ2n) is 6.14. The molecule has 0 radical (unpaired) electrons. The van der Waals surface area contributed by atoms with Gasteiger partial charge in [-0.05, 0) is 42.2 Å². The number of hydrogen-bond donors (Lipinski definition) is 1. The third-order valence-corrected chi connectivity index (χ3v) is 4.67. The van der Waals surface area contributed by atoms with Crippen LogP contribution in [0.4, 0.5) is 5.82 Å². The summed E-state index contributed by atoms with van der Waals surface area (Å²) in [6.07, 6.45) is 4.47. The third-order valence-electron chi connectivity index (χ3n) is 4.39. The zero-order chi connectivity index (χ0) is 17.6. The lowest BCUT2D eigenvalue weighted by Gasteiger charge is -2.16. The molecule has 2 aromatic rings. The number of hydrogen-bond acceptors (Lipinski definition) is 5. The molecule has 25 heavy (non-hydrogen) atoms. The van der Waals surface area contributed by atoms with Crippen molar-refractivity contribution in [2.24, 2.45) is 0 Å². The first kappa shape index (κ1) is 17.8. The van der Waals surface area contributed by atoms with Gasteiger partial charge in [-0.1, -0.05) is 17.7 Å². The number of anilines is 1. The zero-order valence-corrected chi connectivity index (χ0v) is 15.5. The van der Waals surface area contributed by atoms with Crippen molar-refractivity contribution in [1.29, 1.82) is 0 Å². The molecule has 0 unspecified atom stereocenters. The molecule has 1 aliphatic rings. The van der Waals surface area contributed by atoms with Gasteiger partial charge in [0.05, 0.1) is 19.2 Å². The van der Waals surface area contributed by atoms with Crippen molar-refractivity contribution in [3.05, 3.63) is 46.6 Å². The number of rotatable bonds is 7. The predicted octanol–water partition coefficient (Wildman–Crippen LogP) is 3.64. The maximum absolute atomic E-state index is 6.24. The maximum Gasteiger partial charge on any atom is 0.179 e. The van der Waals surface area contributed by atoms with E-state index in [-0.39, 0.29) is 0 Å². The minimum Gasteiger partial charge on any atom is -0.493 e. The van der Waals surface area contributed by atoms with Crippen LogP contribution in [-0.2, 0) is 13.1 Å². The van der Waals surface area contributed by atoms with E-state index in [2.05, 4.69) is 27.3 Å². The van der Waals surface area contributed by atoms with Gasteiger partial charge in [0.1, 0.15) is 5.82 Å². The summed E-state index contributed by atoms with van der Waals surface area (Å²) in [7, 11) is 3.19. The summed E-state index contributed by atoms with van der Waals surface area (Å²) in [4.78, 5) is 6.91. The van der Waals surface area contributed by atoms with Gasteiger partial charge in [-0.2, -0.15) is 0 Å². The van der Waals surface area contributed by atoms with Crippen molar-refractivity contribution in [1.82, 2.24) is 10.3 Å². The minimum absolute atomic E-state index is 0.551. The third kappa shape index (κ3) is 4.35. The van der Waals surface area contributed by atoms with E-state index in [4.69, 9.17) is 21.1 Å². The fourth-order valence-electron chi connectivity index (χ4n) is 3.08. The second-order valence-corrected chi connectivity index (χ2v) is 6.54. The Morgan fingerprint density at radius 2 is 1.84 bits per heavy atom. The summed E-state index contributed by atoms with van der Waals surface area (Å²) in [5, 5.41) is 3.97. The SMILES string of the molecule is COc1cc(CNCc2ccc(N3CCCC3)nc2)cc(Cl)c1OC. The molecule has 0 aliphatic carbocycles. The Balaban J connectivity index is 1.56. The number of aromatic nitrogens is 1. The van der Waals surface area contributed by atoms with E-state index in [1.807, 2.05) is 18.3 Å². The number of pyridine rings is 1. The van der Waals surface area contributed by atoms with Crippen molar-refractivity contribution >= 4 is 17.4 Å². The molecule has 5 nitrogen and oxygen atoms in total. The van der Waals surface area contributed by atoms with Crippen molar-refractivity contribution in [2.45, 2.75) is 25.9 Å². The summed E-state index contributed by atoms with van der Waals surface area (Å²) >= 11 is 6.24. The van der Waals surface area contributed by atoms with Gasteiger partial charge in [0.2, 0.25) is 0 Å². The van der Waals surface area contributed by atoms with Gasteiger partial charge in [-0.25, -0.2) is 4.98 Å². The highest BCUT2D eigenvalue weighted by molar-refractivity contribution is 6.32. The largest absolute Gasteiger partial charge is 0.493 e. The topological polar surface area (TPSA) is 46.6 Å². The highest BCUT2D eigenvalue weighted by Gasteiger charge is 2.13. The number of benzene rings is 1. The van der Waals surface area contributed by atoms with E-state index in [1.54, 1.807) is 14.2 Å². The van der Waals surface area contributed by atoms with E-state index in [0.29, 0.717) is 23.1 Å². The fourth-order valence-corrected chi connectivity index (χ4v) is 3.39. The second kappa shape index (κ2) is 8.41. The molecule has 134 valence electrons. The maximum atomic E-state index is 6.24. The molecule has 1 aliphatic heterocycles. The van der Waals surface area contributed by atoms with Crippen LogP contribution in [-0.4, -0.2) is 32.3 Å². The smallest absolute Gasteiger partial charge is 0.179 e. The van der Waals surface area contributed by atoms with Gasteiger partial charge in [0, 0.05) is 32.4 Å². The van der Waals surface area contributed by atoms with Crippen molar-refractivity contribution in [3.8, 4) is 11.5 Å². The predicted molar refractivity (Wildman–Crippen MR) is 101 cm³/mol. The summed E-state index contributed by atoms with van der Waals surface area (Å²) in [5.74, 6) is 2.28. The van der Waals surface area contributed by atoms with Crippen LogP contribution in [0.1, 0.15) is 24.0 Å². The Bertz CT molecular complexity index is 701. The van der Waals surface area contributed by atoms with Crippen LogP contribution < -0.4 is 19.7 Å². The number of methoxy groups -OCH3 is 2. The number of halogens is 1. The number of nitrogens with one attached hydrogen (secondary N) is 1. The molecule has 1 aromatic carbocycles.